The first-order valence-corrected chi connectivity index (χ1v) is 7.07. The summed E-state index contributed by atoms with van der Waals surface area (Å²) in [5.41, 5.74) is 3.55. The Kier molecular flexibility index (Phi) is 3.71. The number of halogens is 1. The monoisotopic (exact) mass is 302 g/mol. The second-order valence-electron chi connectivity index (χ2n) is 4.85. The third-order valence-electron chi connectivity index (χ3n) is 3.49. The number of fused-ring (bicyclic) bond motifs is 1. The maximum atomic E-state index is 12.3. The first-order chi connectivity index (χ1) is 10.2. The first kappa shape index (κ1) is 13.8. The SMILES string of the molecule is COc1ccc(NC(=O)c2ccc3c(c2)NCC3)cc1Cl. The number of anilines is 2. The average molecular weight is 303 g/mol. The van der Waals surface area contributed by atoms with Gasteiger partial charge in [-0.2, -0.15) is 0 Å². The molecule has 0 saturated carbocycles. The van der Waals surface area contributed by atoms with Gasteiger partial charge in [-0.3, -0.25) is 4.79 Å². The van der Waals surface area contributed by atoms with Crippen LogP contribution < -0.4 is 15.4 Å². The highest BCUT2D eigenvalue weighted by Crippen LogP contribution is 2.28. The van der Waals surface area contributed by atoms with Gasteiger partial charge in [-0.05, 0) is 42.3 Å². The largest absolute Gasteiger partial charge is 0.495 e. The highest BCUT2D eigenvalue weighted by Gasteiger charge is 2.14. The predicted molar refractivity (Wildman–Crippen MR) is 84.6 cm³/mol. The molecule has 1 aliphatic rings. The van der Waals surface area contributed by atoms with E-state index in [1.165, 1.54) is 5.56 Å². The molecule has 1 heterocycles. The number of nitrogens with one attached hydrogen (secondary N) is 2. The van der Waals surface area contributed by atoms with Crippen LogP contribution in [0, 0.1) is 0 Å². The van der Waals surface area contributed by atoms with Crippen molar-refractivity contribution in [1.29, 1.82) is 0 Å². The van der Waals surface area contributed by atoms with Crippen LogP contribution in [0.4, 0.5) is 11.4 Å². The topological polar surface area (TPSA) is 50.4 Å². The predicted octanol–water partition coefficient (Wildman–Crippen LogP) is 3.57. The zero-order chi connectivity index (χ0) is 14.8. The van der Waals surface area contributed by atoms with Gasteiger partial charge in [0.15, 0.2) is 0 Å². The molecular weight excluding hydrogens is 288 g/mol. The molecule has 0 aliphatic carbocycles. The summed E-state index contributed by atoms with van der Waals surface area (Å²) in [5.74, 6) is 0.420. The molecule has 0 unspecified atom stereocenters. The molecule has 21 heavy (non-hydrogen) atoms. The highest BCUT2D eigenvalue weighted by atomic mass is 35.5. The Morgan fingerprint density at radius 1 is 1.29 bits per heavy atom. The first-order valence-electron chi connectivity index (χ1n) is 6.69. The van der Waals surface area contributed by atoms with Crippen molar-refractivity contribution in [1.82, 2.24) is 0 Å². The number of hydrogen-bond donors (Lipinski definition) is 2. The molecule has 1 amide bonds. The van der Waals surface area contributed by atoms with Gasteiger partial charge in [-0.25, -0.2) is 0 Å². The molecule has 0 saturated heterocycles. The molecule has 2 N–H and O–H groups in total. The number of ether oxygens (including phenoxy) is 1. The van der Waals surface area contributed by atoms with E-state index in [9.17, 15) is 4.79 Å². The summed E-state index contributed by atoms with van der Waals surface area (Å²) in [6.07, 6.45) is 1.01. The maximum Gasteiger partial charge on any atom is 0.255 e. The van der Waals surface area contributed by atoms with E-state index in [2.05, 4.69) is 10.6 Å². The highest BCUT2D eigenvalue weighted by molar-refractivity contribution is 6.32. The van der Waals surface area contributed by atoms with Gasteiger partial charge < -0.3 is 15.4 Å². The lowest BCUT2D eigenvalue weighted by molar-refractivity contribution is 0.102. The van der Waals surface area contributed by atoms with Crippen LogP contribution in [0.25, 0.3) is 0 Å². The van der Waals surface area contributed by atoms with Crippen LogP contribution in [0.5, 0.6) is 5.75 Å². The van der Waals surface area contributed by atoms with Gasteiger partial charge in [-0.15, -0.1) is 0 Å². The molecule has 108 valence electrons. The molecule has 2 aromatic rings. The minimum atomic E-state index is -0.160. The number of carbonyl (C=O) groups is 1. The minimum absolute atomic E-state index is 0.160. The number of methoxy groups -OCH3 is 1. The molecular formula is C16H15ClN2O2. The molecule has 1 aliphatic heterocycles. The standard InChI is InChI=1S/C16H15ClN2O2/c1-21-15-5-4-12(9-13(15)17)19-16(20)11-3-2-10-6-7-18-14(10)8-11/h2-5,8-9,18H,6-7H2,1H3,(H,19,20). The van der Waals surface area contributed by atoms with Crippen molar-refractivity contribution in [2.75, 3.05) is 24.3 Å². The van der Waals surface area contributed by atoms with Crippen LogP contribution in [0.2, 0.25) is 5.02 Å². The molecule has 0 aromatic heterocycles. The molecule has 2 aromatic carbocycles. The van der Waals surface area contributed by atoms with Gasteiger partial charge in [-0.1, -0.05) is 17.7 Å². The van der Waals surface area contributed by atoms with Gasteiger partial charge in [0.1, 0.15) is 5.75 Å². The van der Waals surface area contributed by atoms with E-state index < -0.39 is 0 Å². The summed E-state index contributed by atoms with van der Waals surface area (Å²) in [6, 6.07) is 10.9. The second-order valence-corrected chi connectivity index (χ2v) is 5.26. The number of benzene rings is 2. The summed E-state index contributed by atoms with van der Waals surface area (Å²) < 4.78 is 5.09. The molecule has 4 nitrogen and oxygen atoms in total. The third kappa shape index (κ3) is 2.81. The van der Waals surface area contributed by atoms with E-state index in [-0.39, 0.29) is 5.91 Å². The zero-order valence-corrected chi connectivity index (χ0v) is 12.3. The molecule has 3 rings (SSSR count). The normalized spacial score (nSPS) is 12.5. The Labute approximate surface area is 128 Å². The molecule has 0 bridgehead atoms. The second kappa shape index (κ2) is 5.66. The quantitative estimate of drug-likeness (QED) is 0.911. The summed E-state index contributed by atoms with van der Waals surface area (Å²) in [6.45, 7) is 0.925. The maximum absolute atomic E-state index is 12.3. The van der Waals surface area contributed by atoms with Crippen LogP contribution in [-0.2, 0) is 6.42 Å². The summed E-state index contributed by atoms with van der Waals surface area (Å²) in [5, 5.41) is 6.56. The molecule has 0 fully saturated rings. The van der Waals surface area contributed by atoms with Crippen LogP contribution in [0.1, 0.15) is 15.9 Å². The number of hydrogen-bond acceptors (Lipinski definition) is 3. The number of carbonyl (C=O) groups excluding carboxylic acids is 1. The van der Waals surface area contributed by atoms with Gasteiger partial charge in [0.05, 0.1) is 12.1 Å². The Bertz CT molecular complexity index is 701. The van der Waals surface area contributed by atoms with E-state index in [1.807, 2.05) is 18.2 Å². The lowest BCUT2D eigenvalue weighted by Crippen LogP contribution is -2.12. The molecule has 0 spiro atoms. The Balaban J connectivity index is 1.78. The Morgan fingerprint density at radius 3 is 2.90 bits per heavy atom. The third-order valence-corrected chi connectivity index (χ3v) is 3.79. The molecule has 0 atom stereocenters. The summed E-state index contributed by atoms with van der Waals surface area (Å²) >= 11 is 6.05. The van der Waals surface area contributed by atoms with Gasteiger partial charge >= 0.3 is 0 Å². The lowest BCUT2D eigenvalue weighted by atomic mass is 10.1. The van der Waals surface area contributed by atoms with E-state index in [4.69, 9.17) is 16.3 Å². The van der Waals surface area contributed by atoms with E-state index >= 15 is 0 Å². The summed E-state index contributed by atoms with van der Waals surface area (Å²) in [4.78, 5) is 12.3. The van der Waals surface area contributed by atoms with Gasteiger partial charge in [0, 0.05) is 23.5 Å². The Morgan fingerprint density at radius 2 is 2.14 bits per heavy atom. The van der Waals surface area contributed by atoms with Crippen LogP contribution in [0.3, 0.4) is 0 Å². The fourth-order valence-electron chi connectivity index (χ4n) is 2.38. The fraction of sp³-hybridized carbons (Fsp3) is 0.188. The van der Waals surface area contributed by atoms with Crippen molar-refractivity contribution in [2.45, 2.75) is 6.42 Å². The summed E-state index contributed by atoms with van der Waals surface area (Å²) in [7, 11) is 1.55. The van der Waals surface area contributed by atoms with Crippen molar-refractivity contribution < 1.29 is 9.53 Å². The number of amides is 1. The smallest absolute Gasteiger partial charge is 0.255 e. The van der Waals surface area contributed by atoms with Crippen molar-refractivity contribution in [2.24, 2.45) is 0 Å². The van der Waals surface area contributed by atoms with Crippen LogP contribution >= 0.6 is 11.6 Å². The van der Waals surface area contributed by atoms with Crippen molar-refractivity contribution in [3.8, 4) is 5.75 Å². The van der Waals surface area contributed by atoms with Crippen molar-refractivity contribution in [3.05, 3.63) is 52.5 Å². The lowest BCUT2D eigenvalue weighted by Gasteiger charge is -2.09. The van der Waals surface area contributed by atoms with Gasteiger partial charge in [0.2, 0.25) is 0 Å². The molecule has 5 heteroatoms. The van der Waals surface area contributed by atoms with E-state index in [0.29, 0.717) is 22.0 Å². The van der Waals surface area contributed by atoms with E-state index in [1.54, 1.807) is 25.3 Å². The fourth-order valence-corrected chi connectivity index (χ4v) is 2.64. The average Bonchev–Trinajstić information content (AvgIpc) is 2.94. The number of rotatable bonds is 3. The van der Waals surface area contributed by atoms with Crippen molar-refractivity contribution in [3.63, 3.8) is 0 Å². The minimum Gasteiger partial charge on any atom is -0.495 e. The van der Waals surface area contributed by atoms with E-state index in [0.717, 1.165) is 18.7 Å². The van der Waals surface area contributed by atoms with Crippen LogP contribution in [-0.4, -0.2) is 19.6 Å². The van der Waals surface area contributed by atoms with Gasteiger partial charge in [0.25, 0.3) is 5.91 Å². The van der Waals surface area contributed by atoms with Crippen LogP contribution in [0.15, 0.2) is 36.4 Å². The van der Waals surface area contributed by atoms with Crippen molar-refractivity contribution >= 4 is 28.9 Å². The molecule has 0 radical (unpaired) electrons. The Hall–Kier alpha value is -2.20. The zero-order valence-electron chi connectivity index (χ0n) is 11.6.